The van der Waals surface area contributed by atoms with E-state index in [1.807, 2.05) is 13.1 Å². The van der Waals surface area contributed by atoms with Crippen LogP contribution >= 0.6 is 24.0 Å². The van der Waals surface area contributed by atoms with Crippen molar-refractivity contribution in [1.82, 2.24) is 10.2 Å². The predicted octanol–water partition coefficient (Wildman–Crippen LogP) is 3.29. The van der Waals surface area contributed by atoms with E-state index in [9.17, 15) is 0 Å². The first-order valence-corrected chi connectivity index (χ1v) is 9.54. The summed E-state index contributed by atoms with van der Waals surface area (Å²) in [5.41, 5.74) is 1.24. The summed E-state index contributed by atoms with van der Waals surface area (Å²) < 4.78 is 11.6. The largest absolute Gasteiger partial charge is 0.378 e. The SMILES string of the molecule is CN=C(NCCC1CCCO1)N1CCC(COCc2ccccc2)C1.I. The topological polar surface area (TPSA) is 46.1 Å². The van der Waals surface area contributed by atoms with Gasteiger partial charge in [-0.05, 0) is 31.2 Å². The molecule has 6 heteroatoms. The molecule has 0 aromatic heterocycles. The van der Waals surface area contributed by atoms with Gasteiger partial charge in [-0.15, -0.1) is 24.0 Å². The molecule has 2 fully saturated rings. The minimum Gasteiger partial charge on any atom is -0.378 e. The van der Waals surface area contributed by atoms with Crippen LogP contribution in [0.3, 0.4) is 0 Å². The van der Waals surface area contributed by atoms with Crippen molar-refractivity contribution in [3.63, 3.8) is 0 Å². The summed E-state index contributed by atoms with van der Waals surface area (Å²) in [6.07, 6.45) is 5.07. The van der Waals surface area contributed by atoms with Crippen molar-refractivity contribution in [2.75, 3.05) is 39.9 Å². The third kappa shape index (κ3) is 6.70. The molecule has 1 N–H and O–H groups in total. The minimum atomic E-state index is 0. The summed E-state index contributed by atoms with van der Waals surface area (Å²) in [6, 6.07) is 10.4. The Morgan fingerprint density at radius 3 is 2.88 bits per heavy atom. The fourth-order valence-corrected chi connectivity index (χ4v) is 3.63. The average Bonchev–Trinajstić information content (AvgIpc) is 3.32. The highest BCUT2D eigenvalue weighted by Crippen LogP contribution is 2.18. The highest BCUT2D eigenvalue weighted by Gasteiger charge is 2.25. The van der Waals surface area contributed by atoms with E-state index in [2.05, 4.69) is 39.5 Å². The van der Waals surface area contributed by atoms with E-state index in [4.69, 9.17) is 9.47 Å². The summed E-state index contributed by atoms with van der Waals surface area (Å²) >= 11 is 0. The maximum absolute atomic E-state index is 5.91. The summed E-state index contributed by atoms with van der Waals surface area (Å²) in [6.45, 7) is 5.45. The number of hydrogen-bond donors (Lipinski definition) is 1. The van der Waals surface area contributed by atoms with Gasteiger partial charge in [0.2, 0.25) is 0 Å². The van der Waals surface area contributed by atoms with Crippen LogP contribution in [0.5, 0.6) is 0 Å². The van der Waals surface area contributed by atoms with Crippen LogP contribution < -0.4 is 5.32 Å². The molecule has 0 aliphatic carbocycles. The zero-order valence-corrected chi connectivity index (χ0v) is 18.1. The number of hydrogen-bond acceptors (Lipinski definition) is 3. The van der Waals surface area contributed by atoms with Crippen LogP contribution in [0.4, 0.5) is 0 Å². The zero-order valence-electron chi connectivity index (χ0n) is 15.7. The van der Waals surface area contributed by atoms with Crippen LogP contribution in [-0.4, -0.2) is 56.9 Å². The van der Waals surface area contributed by atoms with Crippen LogP contribution in [0.2, 0.25) is 0 Å². The molecular formula is C20H32IN3O2. The van der Waals surface area contributed by atoms with E-state index in [-0.39, 0.29) is 24.0 Å². The van der Waals surface area contributed by atoms with Gasteiger partial charge >= 0.3 is 0 Å². The Balaban J connectivity index is 0.00000243. The third-order valence-electron chi connectivity index (χ3n) is 5.04. The number of halogens is 1. The molecule has 0 spiro atoms. The molecule has 5 nitrogen and oxygen atoms in total. The van der Waals surface area contributed by atoms with Gasteiger partial charge in [-0.2, -0.15) is 0 Å². The van der Waals surface area contributed by atoms with Gasteiger partial charge in [-0.25, -0.2) is 0 Å². The standard InChI is InChI=1S/C20H31N3O2.HI/c1-21-20(22-11-9-19-8-5-13-25-19)23-12-10-18(14-23)16-24-15-17-6-3-2-4-7-17;/h2-4,6-7,18-19H,5,8-16H2,1H3,(H,21,22);1H. The van der Waals surface area contributed by atoms with Gasteiger partial charge in [0.1, 0.15) is 0 Å². The third-order valence-corrected chi connectivity index (χ3v) is 5.04. The summed E-state index contributed by atoms with van der Waals surface area (Å²) in [5.74, 6) is 1.60. The molecule has 0 radical (unpaired) electrons. The van der Waals surface area contributed by atoms with Gasteiger partial charge in [0, 0.05) is 39.2 Å². The molecule has 1 aromatic rings. The van der Waals surface area contributed by atoms with E-state index in [1.54, 1.807) is 0 Å². The van der Waals surface area contributed by atoms with Gasteiger partial charge in [-0.3, -0.25) is 4.99 Å². The number of likely N-dealkylation sites (tertiary alicyclic amines) is 1. The van der Waals surface area contributed by atoms with E-state index >= 15 is 0 Å². The summed E-state index contributed by atoms with van der Waals surface area (Å²) in [4.78, 5) is 6.80. The fraction of sp³-hybridized carbons (Fsp3) is 0.650. The maximum atomic E-state index is 5.91. The first-order chi connectivity index (χ1) is 12.3. The van der Waals surface area contributed by atoms with Crippen molar-refractivity contribution in [3.8, 4) is 0 Å². The molecule has 2 aliphatic heterocycles. The second-order valence-electron chi connectivity index (χ2n) is 7.00. The fourth-order valence-electron chi connectivity index (χ4n) is 3.63. The number of nitrogens with zero attached hydrogens (tertiary/aromatic N) is 2. The van der Waals surface area contributed by atoms with Crippen molar-refractivity contribution in [2.45, 2.75) is 38.4 Å². The van der Waals surface area contributed by atoms with Crippen LogP contribution in [0, 0.1) is 5.92 Å². The highest BCUT2D eigenvalue weighted by molar-refractivity contribution is 14.0. The van der Waals surface area contributed by atoms with Crippen molar-refractivity contribution in [1.29, 1.82) is 0 Å². The quantitative estimate of drug-likeness (QED) is 0.375. The molecule has 0 bridgehead atoms. The molecule has 0 saturated carbocycles. The lowest BCUT2D eigenvalue weighted by Crippen LogP contribution is -2.41. The normalized spacial score (nSPS) is 23.1. The molecule has 2 atom stereocenters. The minimum absolute atomic E-state index is 0. The molecule has 26 heavy (non-hydrogen) atoms. The van der Waals surface area contributed by atoms with Gasteiger partial charge in [0.25, 0.3) is 0 Å². The molecule has 2 saturated heterocycles. The van der Waals surface area contributed by atoms with Crippen molar-refractivity contribution < 1.29 is 9.47 Å². The van der Waals surface area contributed by atoms with E-state index in [0.717, 1.165) is 45.2 Å². The Hall–Kier alpha value is -0.860. The van der Waals surface area contributed by atoms with Crippen LogP contribution in [0.25, 0.3) is 0 Å². The Kier molecular flexibility index (Phi) is 9.71. The lowest BCUT2D eigenvalue weighted by Gasteiger charge is -2.22. The van der Waals surface area contributed by atoms with E-state index in [0.29, 0.717) is 18.6 Å². The monoisotopic (exact) mass is 473 g/mol. The molecule has 2 aliphatic rings. The zero-order chi connectivity index (χ0) is 17.3. The first kappa shape index (κ1) is 21.4. The Morgan fingerprint density at radius 2 is 2.15 bits per heavy atom. The van der Waals surface area contributed by atoms with Gasteiger partial charge < -0.3 is 19.7 Å². The molecule has 2 heterocycles. The molecular weight excluding hydrogens is 441 g/mol. The second kappa shape index (κ2) is 11.8. The summed E-state index contributed by atoms with van der Waals surface area (Å²) in [5, 5.41) is 3.50. The Labute approximate surface area is 174 Å². The second-order valence-corrected chi connectivity index (χ2v) is 7.00. The lowest BCUT2D eigenvalue weighted by molar-refractivity contribution is 0.0906. The van der Waals surface area contributed by atoms with Gasteiger partial charge in [0.15, 0.2) is 5.96 Å². The Morgan fingerprint density at radius 1 is 1.31 bits per heavy atom. The first-order valence-electron chi connectivity index (χ1n) is 9.54. The lowest BCUT2D eigenvalue weighted by atomic mass is 10.1. The Bertz CT molecular complexity index is 535. The molecule has 2 unspecified atom stereocenters. The number of aliphatic imine (C=N–C) groups is 1. The van der Waals surface area contributed by atoms with Crippen LogP contribution in [-0.2, 0) is 16.1 Å². The predicted molar refractivity (Wildman–Crippen MR) is 116 cm³/mol. The van der Waals surface area contributed by atoms with Crippen LogP contribution in [0.15, 0.2) is 35.3 Å². The van der Waals surface area contributed by atoms with Gasteiger partial charge in [0.05, 0.1) is 19.3 Å². The number of nitrogens with one attached hydrogen (secondary N) is 1. The average molecular weight is 473 g/mol. The van der Waals surface area contributed by atoms with E-state index in [1.165, 1.54) is 24.8 Å². The number of guanidine groups is 1. The van der Waals surface area contributed by atoms with Crippen molar-refractivity contribution in [2.24, 2.45) is 10.9 Å². The molecule has 1 aromatic carbocycles. The smallest absolute Gasteiger partial charge is 0.193 e. The van der Waals surface area contributed by atoms with Crippen molar-refractivity contribution >= 4 is 29.9 Å². The number of rotatable bonds is 7. The van der Waals surface area contributed by atoms with E-state index < -0.39 is 0 Å². The molecule has 146 valence electrons. The summed E-state index contributed by atoms with van der Waals surface area (Å²) in [7, 11) is 1.87. The maximum Gasteiger partial charge on any atom is 0.193 e. The molecule has 0 amide bonds. The molecule has 3 rings (SSSR count). The number of ether oxygens (including phenoxy) is 2. The van der Waals surface area contributed by atoms with Gasteiger partial charge in [-0.1, -0.05) is 30.3 Å². The van der Waals surface area contributed by atoms with Crippen LogP contribution in [0.1, 0.15) is 31.2 Å². The van der Waals surface area contributed by atoms with Crippen molar-refractivity contribution in [3.05, 3.63) is 35.9 Å². The number of benzene rings is 1. The highest BCUT2D eigenvalue weighted by atomic mass is 127.